The van der Waals surface area contributed by atoms with E-state index in [2.05, 4.69) is 18.9 Å². The van der Waals surface area contributed by atoms with Crippen LogP contribution in [0.3, 0.4) is 0 Å². The van der Waals surface area contributed by atoms with Gasteiger partial charge in [0.05, 0.1) is 17.8 Å². The molecule has 0 saturated heterocycles. The minimum atomic E-state index is 0.146. The van der Waals surface area contributed by atoms with Crippen molar-refractivity contribution in [2.45, 2.75) is 34.1 Å². The Morgan fingerprint density at radius 1 is 1.23 bits per heavy atom. The number of rotatable bonds is 5. The molecule has 0 bridgehead atoms. The van der Waals surface area contributed by atoms with Crippen molar-refractivity contribution in [1.82, 2.24) is 14.7 Å². The fraction of sp³-hybridized carbons (Fsp3) is 0.444. The number of nitrogens with zero attached hydrogens (tertiary/aromatic N) is 3. The van der Waals surface area contributed by atoms with Crippen LogP contribution in [0.25, 0.3) is 5.69 Å². The number of hydrogen-bond donors (Lipinski definition) is 0. The molecule has 22 heavy (non-hydrogen) atoms. The van der Waals surface area contributed by atoms with Crippen molar-refractivity contribution in [1.29, 1.82) is 0 Å². The Labute approximate surface area is 132 Å². The highest BCUT2D eigenvalue weighted by atomic mass is 16.2. The molecular weight excluding hydrogens is 274 g/mol. The molecule has 1 aromatic heterocycles. The topological polar surface area (TPSA) is 38.1 Å². The third kappa shape index (κ3) is 3.56. The van der Waals surface area contributed by atoms with E-state index in [9.17, 15) is 4.79 Å². The quantitative estimate of drug-likeness (QED) is 0.850. The van der Waals surface area contributed by atoms with E-state index < -0.39 is 0 Å². The third-order valence-corrected chi connectivity index (χ3v) is 3.83. The van der Waals surface area contributed by atoms with Gasteiger partial charge in [-0.3, -0.25) is 4.79 Å². The second-order valence-corrected chi connectivity index (χ2v) is 6.24. The van der Waals surface area contributed by atoms with Crippen LogP contribution in [0.1, 0.15) is 30.8 Å². The van der Waals surface area contributed by atoms with Gasteiger partial charge in [-0.2, -0.15) is 5.10 Å². The number of carbonyl (C=O) groups excluding carboxylic acids is 1. The molecule has 1 amide bonds. The molecule has 0 unspecified atom stereocenters. The molecular formula is C18H25N3O. The first-order chi connectivity index (χ1) is 10.4. The maximum absolute atomic E-state index is 12.4. The molecule has 0 N–H and O–H groups in total. The van der Waals surface area contributed by atoms with Crippen molar-refractivity contribution < 1.29 is 4.79 Å². The standard InChI is InChI=1S/C18H25N3O/c1-13(2)12-20(5)18(22)11-17-14(3)19-21(15(17)4)16-9-7-6-8-10-16/h6-10,13H,11-12H2,1-5H3. The Kier molecular flexibility index (Phi) is 5.01. The van der Waals surface area contributed by atoms with Gasteiger partial charge in [0.15, 0.2) is 0 Å². The SMILES string of the molecule is Cc1nn(-c2ccccc2)c(C)c1CC(=O)N(C)CC(C)C. The summed E-state index contributed by atoms with van der Waals surface area (Å²) in [5.74, 6) is 0.621. The number of hydrogen-bond acceptors (Lipinski definition) is 2. The molecule has 1 heterocycles. The lowest BCUT2D eigenvalue weighted by Gasteiger charge is -2.19. The van der Waals surface area contributed by atoms with Crippen LogP contribution < -0.4 is 0 Å². The highest BCUT2D eigenvalue weighted by Crippen LogP contribution is 2.19. The van der Waals surface area contributed by atoms with Gasteiger partial charge in [0.2, 0.25) is 5.91 Å². The van der Waals surface area contributed by atoms with Crippen LogP contribution in [0.15, 0.2) is 30.3 Å². The average Bonchev–Trinajstić information content (AvgIpc) is 2.75. The molecule has 1 aromatic carbocycles. The Morgan fingerprint density at radius 2 is 1.86 bits per heavy atom. The smallest absolute Gasteiger partial charge is 0.226 e. The lowest BCUT2D eigenvalue weighted by atomic mass is 10.1. The summed E-state index contributed by atoms with van der Waals surface area (Å²) in [4.78, 5) is 14.2. The number of benzene rings is 1. The second kappa shape index (κ2) is 6.77. The van der Waals surface area contributed by atoms with E-state index in [1.54, 1.807) is 0 Å². The summed E-state index contributed by atoms with van der Waals surface area (Å²) in [6.07, 6.45) is 0.410. The summed E-state index contributed by atoms with van der Waals surface area (Å²) < 4.78 is 1.92. The van der Waals surface area contributed by atoms with Gasteiger partial charge < -0.3 is 4.90 Å². The summed E-state index contributed by atoms with van der Waals surface area (Å²) in [5.41, 5.74) is 4.02. The van der Waals surface area contributed by atoms with Gasteiger partial charge in [-0.15, -0.1) is 0 Å². The highest BCUT2D eigenvalue weighted by Gasteiger charge is 2.18. The zero-order chi connectivity index (χ0) is 16.3. The van der Waals surface area contributed by atoms with Gasteiger partial charge in [-0.25, -0.2) is 4.68 Å². The van der Waals surface area contributed by atoms with Crippen molar-refractivity contribution in [3.05, 3.63) is 47.3 Å². The molecule has 118 valence electrons. The van der Waals surface area contributed by atoms with Gasteiger partial charge in [0.25, 0.3) is 0 Å². The predicted octanol–water partition coefficient (Wildman–Crippen LogP) is 3.15. The fourth-order valence-electron chi connectivity index (χ4n) is 2.69. The zero-order valence-electron chi connectivity index (χ0n) is 14.1. The molecule has 0 aliphatic carbocycles. The number of likely N-dealkylation sites (N-methyl/N-ethyl adjacent to an activating group) is 1. The maximum Gasteiger partial charge on any atom is 0.226 e. The van der Waals surface area contributed by atoms with Gasteiger partial charge in [0, 0.05) is 24.8 Å². The lowest BCUT2D eigenvalue weighted by molar-refractivity contribution is -0.129. The summed E-state index contributed by atoms with van der Waals surface area (Å²) in [6, 6.07) is 10.0. The molecule has 0 radical (unpaired) electrons. The van der Waals surface area contributed by atoms with E-state index in [0.717, 1.165) is 29.2 Å². The first-order valence-corrected chi connectivity index (χ1v) is 7.74. The molecule has 0 aliphatic rings. The number of para-hydroxylation sites is 1. The van der Waals surface area contributed by atoms with Crippen LogP contribution in [0.5, 0.6) is 0 Å². The first kappa shape index (κ1) is 16.3. The number of aromatic nitrogens is 2. The van der Waals surface area contributed by atoms with Crippen LogP contribution in [0.2, 0.25) is 0 Å². The minimum absolute atomic E-state index is 0.146. The molecule has 2 aromatic rings. The Hall–Kier alpha value is -2.10. The average molecular weight is 299 g/mol. The van der Waals surface area contributed by atoms with Crippen molar-refractivity contribution in [2.24, 2.45) is 5.92 Å². The van der Waals surface area contributed by atoms with Crippen LogP contribution in [0, 0.1) is 19.8 Å². The van der Waals surface area contributed by atoms with Crippen LogP contribution in [-0.4, -0.2) is 34.2 Å². The van der Waals surface area contributed by atoms with Gasteiger partial charge in [-0.1, -0.05) is 32.0 Å². The molecule has 4 nitrogen and oxygen atoms in total. The number of carbonyl (C=O) groups is 1. The lowest BCUT2D eigenvalue weighted by Crippen LogP contribution is -2.31. The minimum Gasteiger partial charge on any atom is -0.345 e. The Morgan fingerprint density at radius 3 is 2.45 bits per heavy atom. The molecule has 0 atom stereocenters. The molecule has 0 fully saturated rings. The molecule has 0 spiro atoms. The number of amides is 1. The summed E-state index contributed by atoms with van der Waals surface area (Å²) in [7, 11) is 1.87. The van der Waals surface area contributed by atoms with Crippen molar-refractivity contribution >= 4 is 5.91 Å². The third-order valence-electron chi connectivity index (χ3n) is 3.83. The zero-order valence-corrected chi connectivity index (χ0v) is 14.1. The second-order valence-electron chi connectivity index (χ2n) is 6.24. The number of aryl methyl sites for hydroxylation is 1. The van der Waals surface area contributed by atoms with E-state index >= 15 is 0 Å². The largest absolute Gasteiger partial charge is 0.345 e. The van der Waals surface area contributed by atoms with E-state index in [1.807, 2.05) is 60.8 Å². The van der Waals surface area contributed by atoms with E-state index in [4.69, 9.17) is 0 Å². The normalized spacial score (nSPS) is 11.0. The van der Waals surface area contributed by atoms with Gasteiger partial charge in [0.1, 0.15) is 0 Å². The van der Waals surface area contributed by atoms with Crippen molar-refractivity contribution in [3.8, 4) is 5.69 Å². The Bertz CT molecular complexity index is 644. The van der Waals surface area contributed by atoms with E-state index in [1.165, 1.54) is 0 Å². The van der Waals surface area contributed by atoms with Crippen molar-refractivity contribution in [3.63, 3.8) is 0 Å². The first-order valence-electron chi connectivity index (χ1n) is 7.74. The monoisotopic (exact) mass is 299 g/mol. The van der Waals surface area contributed by atoms with Crippen LogP contribution in [0.4, 0.5) is 0 Å². The summed E-state index contributed by atoms with van der Waals surface area (Å²) in [5, 5.41) is 4.60. The molecule has 2 rings (SSSR count). The molecule has 0 aliphatic heterocycles. The summed E-state index contributed by atoms with van der Waals surface area (Å²) in [6.45, 7) is 9.01. The molecule has 4 heteroatoms. The highest BCUT2D eigenvalue weighted by molar-refractivity contribution is 5.79. The van der Waals surface area contributed by atoms with E-state index in [0.29, 0.717) is 12.3 Å². The van der Waals surface area contributed by atoms with Crippen LogP contribution >= 0.6 is 0 Å². The Balaban J connectivity index is 2.23. The summed E-state index contributed by atoms with van der Waals surface area (Å²) >= 11 is 0. The van der Waals surface area contributed by atoms with Gasteiger partial charge >= 0.3 is 0 Å². The van der Waals surface area contributed by atoms with Crippen molar-refractivity contribution in [2.75, 3.05) is 13.6 Å². The van der Waals surface area contributed by atoms with Gasteiger partial charge in [-0.05, 0) is 31.9 Å². The molecule has 0 saturated carbocycles. The predicted molar refractivity (Wildman–Crippen MR) is 89.2 cm³/mol. The fourth-order valence-corrected chi connectivity index (χ4v) is 2.69. The maximum atomic E-state index is 12.4. The van der Waals surface area contributed by atoms with Crippen LogP contribution in [-0.2, 0) is 11.2 Å². The van der Waals surface area contributed by atoms with E-state index in [-0.39, 0.29) is 5.91 Å².